The third-order valence-corrected chi connectivity index (χ3v) is 1.27. The van der Waals surface area contributed by atoms with E-state index in [2.05, 4.69) is 0 Å². The van der Waals surface area contributed by atoms with Crippen LogP contribution in [0.2, 0.25) is 0 Å². The van der Waals surface area contributed by atoms with E-state index in [4.69, 9.17) is 0 Å². The Bertz CT molecular complexity index is 40.2. The predicted octanol–water partition coefficient (Wildman–Crippen LogP) is 2.88. The van der Waals surface area contributed by atoms with Crippen LogP contribution in [0, 0.1) is 0 Å². The summed E-state index contributed by atoms with van der Waals surface area (Å²) in [5.41, 5.74) is 0. The smallest absolute Gasteiger partial charge is 0.0894 e. The molecule has 0 heterocycles. The summed E-state index contributed by atoms with van der Waals surface area (Å²) in [5.74, 6) is 0. The number of unbranched alkanes of at least 4 members (excludes halogenated alkanes) is 4. The summed E-state index contributed by atoms with van der Waals surface area (Å²) in [6, 6.07) is 0. The van der Waals surface area contributed by atoms with E-state index in [0.717, 1.165) is 19.3 Å². The van der Waals surface area contributed by atoms with Gasteiger partial charge in [0.15, 0.2) is 0 Å². The van der Waals surface area contributed by atoms with Crippen molar-refractivity contribution >= 4 is 0 Å². The molecule has 56 valence electrons. The van der Waals surface area contributed by atoms with Crippen molar-refractivity contribution in [3.05, 3.63) is 0 Å². The van der Waals surface area contributed by atoms with E-state index in [1.54, 1.807) is 0 Å². The highest BCUT2D eigenvalue weighted by Gasteiger charge is 1.88. The first-order valence-electron chi connectivity index (χ1n) is 3.53. The molecule has 0 spiro atoms. The van der Waals surface area contributed by atoms with Crippen molar-refractivity contribution in [3.63, 3.8) is 0 Å². The lowest BCUT2D eigenvalue weighted by Crippen LogP contribution is -1.80. The Kier molecular flexibility index (Phi) is 7.74. The minimum Gasteiger partial charge on any atom is -0.251 e. The van der Waals surface area contributed by atoms with Crippen LogP contribution in [0.4, 0.5) is 8.78 Å². The molecular weight excluding hydrogens is 122 g/mol. The van der Waals surface area contributed by atoms with Crippen LogP contribution in [0.5, 0.6) is 0 Å². The highest BCUT2D eigenvalue weighted by atomic mass is 19.1. The zero-order valence-electron chi connectivity index (χ0n) is 5.71. The van der Waals surface area contributed by atoms with E-state index >= 15 is 0 Å². The molecule has 0 N–H and O–H groups in total. The van der Waals surface area contributed by atoms with Crippen LogP contribution in [-0.4, -0.2) is 13.3 Å². The van der Waals surface area contributed by atoms with Gasteiger partial charge in [0.2, 0.25) is 0 Å². The van der Waals surface area contributed by atoms with Crippen LogP contribution >= 0.6 is 0 Å². The number of alkyl halides is 2. The fourth-order valence-electron chi connectivity index (χ4n) is 0.719. The molecule has 0 amide bonds. The monoisotopic (exact) mass is 136 g/mol. The van der Waals surface area contributed by atoms with Crippen molar-refractivity contribution in [2.45, 2.75) is 32.1 Å². The summed E-state index contributed by atoms with van der Waals surface area (Å²) >= 11 is 0. The quantitative estimate of drug-likeness (QED) is 0.492. The molecule has 0 nitrogen and oxygen atoms in total. The fourth-order valence-corrected chi connectivity index (χ4v) is 0.719. The first-order valence-corrected chi connectivity index (χ1v) is 3.53. The maximum atomic E-state index is 11.4. The molecular formula is C7H14F2. The second-order valence-corrected chi connectivity index (χ2v) is 2.15. The van der Waals surface area contributed by atoms with E-state index in [0.29, 0.717) is 12.8 Å². The summed E-state index contributed by atoms with van der Waals surface area (Å²) in [6.45, 7) is -0.453. The summed E-state index contributed by atoms with van der Waals surface area (Å²) in [4.78, 5) is 0. The highest BCUT2D eigenvalue weighted by molar-refractivity contribution is 4.41. The Morgan fingerprint density at radius 3 is 1.22 bits per heavy atom. The molecule has 0 fully saturated rings. The fraction of sp³-hybridized carbons (Fsp3) is 1.00. The van der Waals surface area contributed by atoms with Gasteiger partial charge in [-0.25, -0.2) is 0 Å². The van der Waals surface area contributed by atoms with Crippen molar-refractivity contribution in [1.29, 1.82) is 0 Å². The van der Waals surface area contributed by atoms with Crippen LogP contribution in [0.3, 0.4) is 0 Å². The molecule has 0 aromatic rings. The molecule has 0 aliphatic heterocycles. The van der Waals surface area contributed by atoms with Gasteiger partial charge >= 0.3 is 0 Å². The van der Waals surface area contributed by atoms with Gasteiger partial charge in [0.25, 0.3) is 0 Å². The van der Waals surface area contributed by atoms with E-state index in [1.165, 1.54) is 0 Å². The van der Waals surface area contributed by atoms with E-state index in [-0.39, 0.29) is 13.3 Å². The minimum absolute atomic E-state index is 0.227. The van der Waals surface area contributed by atoms with Crippen molar-refractivity contribution in [2.75, 3.05) is 13.3 Å². The topological polar surface area (TPSA) is 0 Å². The first-order chi connectivity index (χ1) is 4.41. The van der Waals surface area contributed by atoms with E-state index in [9.17, 15) is 8.78 Å². The summed E-state index contributed by atoms with van der Waals surface area (Å²) < 4.78 is 22.9. The van der Waals surface area contributed by atoms with Crippen molar-refractivity contribution in [3.8, 4) is 0 Å². The normalized spacial score (nSPS) is 10.0. The molecule has 0 saturated carbocycles. The third kappa shape index (κ3) is 7.86. The molecule has 0 atom stereocenters. The molecule has 0 saturated heterocycles. The Morgan fingerprint density at radius 1 is 0.556 bits per heavy atom. The van der Waals surface area contributed by atoms with Gasteiger partial charge < -0.3 is 0 Å². The van der Waals surface area contributed by atoms with Crippen molar-refractivity contribution in [2.24, 2.45) is 0 Å². The highest BCUT2D eigenvalue weighted by Crippen LogP contribution is 2.02. The number of hydrogen-bond donors (Lipinski definition) is 0. The average Bonchev–Trinajstić information content (AvgIpc) is 1.89. The van der Waals surface area contributed by atoms with Crippen LogP contribution in [0.1, 0.15) is 32.1 Å². The summed E-state index contributed by atoms with van der Waals surface area (Å²) in [5, 5.41) is 0. The molecule has 0 aliphatic carbocycles. The number of hydrogen-bond acceptors (Lipinski definition) is 0. The van der Waals surface area contributed by atoms with Gasteiger partial charge in [-0.1, -0.05) is 19.3 Å². The van der Waals surface area contributed by atoms with E-state index < -0.39 is 0 Å². The molecule has 0 radical (unpaired) electrons. The lowest BCUT2D eigenvalue weighted by Gasteiger charge is -1.94. The average molecular weight is 136 g/mol. The van der Waals surface area contributed by atoms with Gasteiger partial charge in [-0.05, 0) is 12.8 Å². The van der Waals surface area contributed by atoms with Crippen LogP contribution in [-0.2, 0) is 0 Å². The third-order valence-electron chi connectivity index (χ3n) is 1.27. The molecule has 0 aromatic carbocycles. The standard InChI is InChI=1S/C7H14F2/c8-6-4-2-1-3-5-7-9/h1-7H2. The molecule has 2 heteroatoms. The molecule has 0 bridgehead atoms. The Morgan fingerprint density at radius 2 is 0.889 bits per heavy atom. The van der Waals surface area contributed by atoms with Gasteiger partial charge in [-0.15, -0.1) is 0 Å². The molecule has 0 unspecified atom stereocenters. The lowest BCUT2D eigenvalue weighted by atomic mass is 10.2. The Hall–Kier alpha value is -0.140. The predicted molar refractivity (Wildman–Crippen MR) is 35.0 cm³/mol. The Balaban J connectivity index is 2.60. The summed E-state index contributed by atoms with van der Waals surface area (Å²) in [6.07, 6.45) is 4.10. The van der Waals surface area contributed by atoms with Crippen molar-refractivity contribution in [1.82, 2.24) is 0 Å². The largest absolute Gasteiger partial charge is 0.251 e. The second kappa shape index (κ2) is 7.86. The van der Waals surface area contributed by atoms with Gasteiger partial charge in [0.1, 0.15) is 0 Å². The molecule has 0 aliphatic rings. The van der Waals surface area contributed by atoms with Gasteiger partial charge in [-0.2, -0.15) is 0 Å². The van der Waals surface area contributed by atoms with Gasteiger partial charge in [-0.3, -0.25) is 8.78 Å². The zero-order valence-corrected chi connectivity index (χ0v) is 5.71. The molecule has 0 rings (SSSR count). The zero-order chi connectivity index (χ0) is 6.95. The first kappa shape index (κ1) is 8.86. The van der Waals surface area contributed by atoms with Crippen LogP contribution < -0.4 is 0 Å². The molecule has 9 heavy (non-hydrogen) atoms. The number of halogens is 2. The van der Waals surface area contributed by atoms with E-state index in [1.807, 2.05) is 0 Å². The maximum absolute atomic E-state index is 11.4. The lowest BCUT2D eigenvalue weighted by molar-refractivity contribution is 0.430. The van der Waals surface area contributed by atoms with Crippen LogP contribution in [0.25, 0.3) is 0 Å². The molecule has 0 aromatic heterocycles. The second-order valence-electron chi connectivity index (χ2n) is 2.15. The Labute approximate surface area is 55.3 Å². The SMILES string of the molecule is FCCCCCCCF. The van der Waals surface area contributed by atoms with Gasteiger partial charge in [0, 0.05) is 0 Å². The summed E-state index contributed by atoms with van der Waals surface area (Å²) in [7, 11) is 0. The maximum Gasteiger partial charge on any atom is 0.0894 e. The number of rotatable bonds is 6. The van der Waals surface area contributed by atoms with Crippen LogP contribution in [0.15, 0.2) is 0 Å². The minimum atomic E-state index is -0.227. The van der Waals surface area contributed by atoms with Crippen molar-refractivity contribution < 1.29 is 8.78 Å². The van der Waals surface area contributed by atoms with Gasteiger partial charge in [0.05, 0.1) is 13.3 Å².